The fourth-order valence-electron chi connectivity index (χ4n) is 3.04. The van der Waals surface area contributed by atoms with Crippen molar-refractivity contribution in [1.29, 1.82) is 0 Å². The van der Waals surface area contributed by atoms with E-state index >= 15 is 0 Å². The van der Waals surface area contributed by atoms with Crippen LogP contribution in [0.25, 0.3) is 0 Å². The molecular formula is C23H22. The van der Waals surface area contributed by atoms with Gasteiger partial charge < -0.3 is 0 Å². The lowest BCUT2D eigenvalue weighted by Gasteiger charge is -2.15. The summed E-state index contributed by atoms with van der Waals surface area (Å²) in [4.78, 5) is 0. The van der Waals surface area contributed by atoms with Crippen LogP contribution in [0, 0.1) is 0 Å². The predicted octanol–water partition coefficient (Wildman–Crippen LogP) is 5.60. The van der Waals surface area contributed by atoms with Crippen LogP contribution < -0.4 is 0 Å². The lowest BCUT2D eigenvalue weighted by molar-refractivity contribution is 1.05. The van der Waals surface area contributed by atoms with E-state index < -0.39 is 0 Å². The Labute approximate surface area is 139 Å². The van der Waals surface area contributed by atoms with E-state index in [0.717, 1.165) is 19.3 Å². The lowest BCUT2D eigenvalue weighted by Crippen LogP contribution is -2.02. The Hall–Kier alpha value is -2.60. The Morgan fingerprint density at radius 3 is 1.78 bits per heavy atom. The zero-order chi connectivity index (χ0) is 15.9. The van der Waals surface area contributed by atoms with Crippen molar-refractivity contribution in [2.45, 2.75) is 19.3 Å². The van der Waals surface area contributed by atoms with E-state index in [1.54, 1.807) is 0 Å². The van der Waals surface area contributed by atoms with Crippen molar-refractivity contribution in [2.24, 2.45) is 0 Å². The van der Waals surface area contributed by atoms with Crippen LogP contribution in [-0.2, 0) is 19.3 Å². The molecule has 0 unspecified atom stereocenters. The molecule has 0 heterocycles. The van der Waals surface area contributed by atoms with Gasteiger partial charge in [0.15, 0.2) is 0 Å². The number of rotatable bonds is 6. The molecule has 3 aromatic carbocycles. The van der Waals surface area contributed by atoms with Gasteiger partial charge in [0, 0.05) is 0 Å². The van der Waals surface area contributed by atoms with Gasteiger partial charge in [0.2, 0.25) is 0 Å². The SMILES string of the molecule is C=CCc1cccc(Cc2ccccc2)c1Cc1ccccc1. The molecule has 0 N–H and O–H groups in total. The third-order valence-corrected chi connectivity index (χ3v) is 4.20. The number of allylic oxidation sites excluding steroid dienone is 1. The molecule has 0 aliphatic carbocycles. The highest BCUT2D eigenvalue weighted by Crippen LogP contribution is 2.22. The molecule has 0 spiro atoms. The fraction of sp³-hybridized carbons (Fsp3) is 0.130. The summed E-state index contributed by atoms with van der Waals surface area (Å²) >= 11 is 0. The highest BCUT2D eigenvalue weighted by Gasteiger charge is 2.09. The number of hydrogen-bond acceptors (Lipinski definition) is 0. The second-order valence-corrected chi connectivity index (χ2v) is 5.87. The third kappa shape index (κ3) is 3.98. The van der Waals surface area contributed by atoms with Gasteiger partial charge in [-0.25, -0.2) is 0 Å². The highest BCUT2D eigenvalue weighted by molar-refractivity contribution is 5.42. The molecule has 0 aliphatic heterocycles. The summed E-state index contributed by atoms with van der Waals surface area (Å²) in [6.07, 6.45) is 4.88. The molecule has 0 saturated carbocycles. The van der Waals surface area contributed by atoms with E-state index in [4.69, 9.17) is 0 Å². The Balaban J connectivity index is 1.97. The first-order valence-electron chi connectivity index (χ1n) is 8.15. The van der Waals surface area contributed by atoms with Crippen LogP contribution in [0.1, 0.15) is 27.8 Å². The number of hydrogen-bond donors (Lipinski definition) is 0. The Morgan fingerprint density at radius 2 is 1.17 bits per heavy atom. The van der Waals surface area contributed by atoms with E-state index in [-0.39, 0.29) is 0 Å². The van der Waals surface area contributed by atoms with Crippen LogP contribution in [0.2, 0.25) is 0 Å². The molecular weight excluding hydrogens is 276 g/mol. The van der Waals surface area contributed by atoms with Crippen LogP contribution in [0.3, 0.4) is 0 Å². The second-order valence-electron chi connectivity index (χ2n) is 5.87. The molecule has 0 saturated heterocycles. The van der Waals surface area contributed by atoms with E-state index in [0.29, 0.717) is 0 Å². The summed E-state index contributed by atoms with van der Waals surface area (Å²) in [6.45, 7) is 3.92. The van der Waals surface area contributed by atoms with Crippen molar-refractivity contribution >= 4 is 0 Å². The normalized spacial score (nSPS) is 10.4. The molecule has 0 heteroatoms. The average molecular weight is 298 g/mol. The van der Waals surface area contributed by atoms with Crippen molar-refractivity contribution in [3.63, 3.8) is 0 Å². The summed E-state index contributed by atoms with van der Waals surface area (Å²) < 4.78 is 0. The summed E-state index contributed by atoms with van der Waals surface area (Å²) in [5.74, 6) is 0. The van der Waals surface area contributed by atoms with Gasteiger partial charge in [0.25, 0.3) is 0 Å². The monoisotopic (exact) mass is 298 g/mol. The maximum Gasteiger partial charge on any atom is -0.00201 e. The second kappa shape index (κ2) is 7.60. The first kappa shape index (κ1) is 15.3. The maximum atomic E-state index is 3.92. The predicted molar refractivity (Wildman–Crippen MR) is 98.8 cm³/mol. The fourth-order valence-corrected chi connectivity index (χ4v) is 3.04. The lowest BCUT2D eigenvalue weighted by atomic mass is 9.90. The van der Waals surface area contributed by atoms with Gasteiger partial charge in [-0.15, -0.1) is 6.58 Å². The Kier molecular flexibility index (Phi) is 5.06. The van der Waals surface area contributed by atoms with E-state index in [1.807, 2.05) is 6.08 Å². The van der Waals surface area contributed by atoms with Gasteiger partial charge in [0.1, 0.15) is 0 Å². The maximum absolute atomic E-state index is 3.92. The van der Waals surface area contributed by atoms with Gasteiger partial charge in [-0.05, 0) is 47.1 Å². The van der Waals surface area contributed by atoms with Gasteiger partial charge in [-0.1, -0.05) is 84.9 Å². The zero-order valence-corrected chi connectivity index (χ0v) is 13.4. The third-order valence-electron chi connectivity index (χ3n) is 4.20. The largest absolute Gasteiger partial charge is 0.103 e. The van der Waals surface area contributed by atoms with Gasteiger partial charge >= 0.3 is 0 Å². The number of benzene rings is 3. The molecule has 0 radical (unpaired) electrons. The van der Waals surface area contributed by atoms with Crippen molar-refractivity contribution < 1.29 is 0 Å². The van der Waals surface area contributed by atoms with Crippen LogP contribution in [-0.4, -0.2) is 0 Å². The highest BCUT2D eigenvalue weighted by atomic mass is 14.1. The smallest absolute Gasteiger partial charge is 0.00201 e. The Morgan fingerprint density at radius 1 is 0.609 bits per heavy atom. The van der Waals surface area contributed by atoms with Crippen molar-refractivity contribution in [3.8, 4) is 0 Å². The molecule has 3 rings (SSSR count). The van der Waals surface area contributed by atoms with Crippen molar-refractivity contribution in [1.82, 2.24) is 0 Å². The van der Waals surface area contributed by atoms with E-state index in [1.165, 1.54) is 27.8 Å². The molecule has 114 valence electrons. The quantitative estimate of drug-likeness (QED) is 0.520. The van der Waals surface area contributed by atoms with Crippen molar-refractivity contribution in [2.75, 3.05) is 0 Å². The minimum Gasteiger partial charge on any atom is -0.103 e. The van der Waals surface area contributed by atoms with Gasteiger partial charge in [-0.2, -0.15) is 0 Å². The van der Waals surface area contributed by atoms with Crippen molar-refractivity contribution in [3.05, 3.63) is 119 Å². The van der Waals surface area contributed by atoms with Crippen LogP contribution in [0.15, 0.2) is 91.5 Å². The molecule has 3 aromatic rings. The first-order valence-corrected chi connectivity index (χ1v) is 8.15. The topological polar surface area (TPSA) is 0 Å². The summed E-state index contributed by atoms with van der Waals surface area (Å²) in [5.41, 5.74) is 6.97. The first-order chi connectivity index (χ1) is 11.4. The molecule has 0 bridgehead atoms. The Bertz CT molecular complexity index is 755. The van der Waals surface area contributed by atoms with Gasteiger partial charge in [0.05, 0.1) is 0 Å². The molecule has 0 aliphatic rings. The van der Waals surface area contributed by atoms with E-state index in [2.05, 4.69) is 85.4 Å². The molecule has 0 fully saturated rings. The average Bonchev–Trinajstić information content (AvgIpc) is 2.60. The molecule has 0 nitrogen and oxygen atoms in total. The van der Waals surface area contributed by atoms with Crippen LogP contribution in [0.4, 0.5) is 0 Å². The minimum atomic E-state index is 0.921. The summed E-state index contributed by atoms with van der Waals surface area (Å²) in [7, 11) is 0. The van der Waals surface area contributed by atoms with Crippen LogP contribution >= 0.6 is 0 Å². The van der Waals surface area contributed by atoms with Crippen LogP contribution in [0.5, 0.6) is 0 Å². The van der Waals surface area contributed by atoms with E-state index in [9.17, 15) is 0 Å². The zero-order valence-electron chi connectivity index (χ0n) is 13.4. The molecule has 0 amide bonds. The summed E-state index contributed by atoms with van der Waals surface area (Å²) in [6, 6.07) is 28.1. The molecule has 0 aromatic heterocycles. The summed E-state index contributed by atoms with van der Waals surface area (Å²) in [5, 5.41) is 0. The molecule has 0 atom stereocenters. The van der Waals surface area contributed by atoms with Gasteiger partial charge in [-0.3, -0.25) is 0 Å². The standard InChI is InChI=1S/C23H22/c1-2-10-21-15-9-16-22(17-19-11-5-3-6-12-19)23(21)18-20-13-7-4-8-14-20/h2-9,11-16H,1,10,17-18H2. The minimum absolute atomic E-state index is 0.921. The molecule has 23 heavy (non-hydrogen) atoms.